The highest BCUT2D eigenvalue weighted by molar-refractivity contribution is 6.02. The van der Waals surface area contributed by atoms with E-state index in [1.54, 1.807) is 4.90 Å². The van der Waals surface area contributed by atoms with Gasteiger partial charge in [-0.25, -0.2) is 0 Å². The molecule has 2 atom stereocenters. The molecule has 1 heterocycles. The lowest BCUT2D eigenvalue weighted by atomic mass is 10.0. The van der Waals surface area contributed by atoms with Gasteiger partial charge in [0.05, 0.1) is 25.2 Å². The van der Waals surface area contributed by atoms with Crippen molar-refractivity contribution in [3.05, 3.63) is 0 Å². The van der Waals surface area contributed by atoms with Crippen molar-refractivity contribution in [2.75, 3.05) is 26.3 Å². The highest BCUT2D eigenvalue weighted by Crippen LogP contribution is 2.14. The molecule has 1 rings (SSSR count). The summed E-state index contributed by atoms with van der Waals surface area (Å²) in [6, 6.07) is 0. The first-order valence-corrected chi connectivity index (χ1v) is 6.12. The van der Waals surface area contributed by atoms with Crippen LogP contribution in [0.2, 0.25) is 0 Å². The number of nitrogens with zero attached hydrogens (tertiary/aromatic N) is 2. The molecule has 4 N–H and O–H groups in total. The number of aliphatic hydroxyl groups excluding tert-OH is 1. The van der Waals surface area contributed by atoms with Gasteiger partial charge >= 0.3 is 0 Å². The van der Waals surface area contributed by atoms with E-state index >= 15 is 0 Å². The van der Waals surface area contributed by atoms with Gasteiger partial charge in [-0.15, -0.1) is 0 Å². The Balaban J connectivity index is 2.70. The van der Waals surface area contributed by atoms with Gasteiger partial charge < -0.3 is 25.7 Å². The van der Waals surface area contributed by atoms with E-state index in [1.807, 2.05) is 6.92 Å². The minimum Gasteiger partial charge on any atom is -0.409 e. The molecule has 7 nitrogen and oxygen atoms in total. The number of carbonyl (C=O) groups excluding carboxylic acids is 1. The molecule has 0 aromatic heterocycles. The molecule has 0 aromatic carbocycles. The van der Waals surface area contributed by atoms with Crippen LogP contribution in [0.5, 0.6) is 0 Å². The fraction of sp³-hybridized carbons (Fsp3) is 0.818. The number of nitrogens with two attached hydrogens (primary N) is 1. The molecule has 0 spiro atoms. The second kappa shape index (κ2) is 7.17. The highest BCUT2D eigenvalue weighted by atomic mass is 16.5. The third kappa shape index (κ3) is 3.58. The Morgan fingerprint density at radius 1 is 1.67 bits per heavy atom. The van der Waals surface area contributed by atoms with Crippen LogP contribution in [0.3, 0.4) is 0 Å². The molecule has 1 saturated heterocycles. The normalized spacial score (nSPS) is 22.9. The van der Waals surface area contributed by atoms with E-state index in [0.717, 1.165) is 6.42 Å². The maximum Gasteiger partial charge on any atom is 0.233 e. The van der Waals surface area contributed by atoms with E-state index in [2.05, 4.69) is 5.16 Å². The van der Waals surface area contributed by atoms with E-state index in [9.17, 15) is 4.79 Å². The summed E-state index contributed by atoms with van der Waals surface area (Å²) in [6.45, 7) is 3.01. The summed E-state index contributed by atoms with van der Waals surface area (Å²) < 4.78 is 5.28. The molecule has 0 aliphatic carbocycles. The first-order valence-electron chi connectivity index (χ1n) is 6.12. The standard InChI is InChI=1S/C11H21N3O4/c1-2-3-9(10(12)13-17)11(16)14-4-5-18-8(6-14)7-15/h8-9,15,17H,2-7H2,1H3,(H2,12,13). The molecule has 1 fully saturated rings. The van der Waals surface area contributed by atoms with E-state index < -0.39 is 5.92 Å². The van der Waals surface area contributed by atoms with Crippen LogP contribution in [0.25, 0.3) is 0 Å². The number of oxime groups is 1. The predicted molar refractivity (Wildman–Crippen MR) is 65.2 cm³/mol. The number of hydrogen-bond acceptors (Lipinski definition) is 5. The average molecular weight is 259 g/mol. The van der Waals surface area contributed by atoms with Crippen LogP contribution in [-0.4, -0.2) is 59.4 Å². The van der Waals surface area contributed by atoms with Gasteiger partial charge in [0.15, 0.2) is 5.84 Å². The molecule has 7 heteroatoms. The second-order valence-electron chi connectivity index (χ2n) is 4.33. The van der Waals surface area contributed by atoms with Crippen LogP contribution in [0.4, 0.5) is 0 Å². The zero-order valence-electron chi connectivity index (χ0n) is 10.6. The molecule has 1 aliphatic heterocycles. The molecular formula is C11H21N3O4. The van der Waals surface area contributed by atoms with Crippen molar-refractivity contribution in [1.82, 2.24) is 4.90 Å². The number of hydrogen-bond donors (Lipinski definition) is 3. The first-order chi connectivity index (χ1) is 8.63. The van der Waals surface area contributed by atoms with E-state index in [0.29, 0.717) is 26.1 Å². The topological polar surface area (TPSA) is 108 Å². The third-order valence-electron chi connectivity index (χ3n) is 3.00. The van der Waals surface area contributed by atoms with Gasteiger partial charge in [-0.05, 0) is 6.42 Å². The SMILES string of the molecule is CCCC(C(=O)N1CCOC(CO)C1)C(N)=NO. The number of carbonyl (C=O) groups is 1. The summed E-state index contributed by atoms with van der Waals surface area (Å²) in [6.07, 6.45) is 0.952. The molecule has 0 bridgehead atoms. The van der Waals surface area contributed by atoms with Crippen LogP contribution < -0.4 is 5.73 Å². The monoisotopic (exact) mass is 259 g/mol. The summed E-state index contributed by atoms with van der Waals surface area (Å²) in [5.74, 6) is -0.833. The quantitative estimate of drug-likeness (QED) is 0.263. The van der Waals surface area contributed by atoms with Crippen molar-refractivity contribution < 1.29 is 19.8 Å². The van der Waals surface area contributed by atoms with Crippen LogP contribution in [0, 0.1) is 5.92 Å². The number of morpholine rings is 1. The Labute approximate surface area is 106 Å². The lowest BCUT2D eigenvalue weighted by Crippen LogP contribution is -2.50. The molecule has 1 amide bonds. The fourth-order valence-electron chi connectivity index (χ4n) is 2.01. The molecule has 0 saturated carbocycles. The number of aliphatic hydroxyl groups is 1. The van der Waals surface area contributed by atoms with Crippen molar-refractivity contribution >= 4 is 11.7 Å². The summed E-state index contributed by atoms with van der Waals surface area (Å²) in [5.41, 5.74) is 5.55. The van der Waals surface area contributed by atoms with Crippen LogP contribution >= 0.6 is 0 Å². The Bertz CT molecular complexity index is 309. The van der Waals surface area contributed by atoms with Gasteiger partial charge in [-0.3, -0.25) is 4.79 Å². The zero-order chi connectivity index (χ0) is 13.5. The minimum absolute atomic E-state index is 0.0612. The van der Waals surface area contributed by atoms with Crippen molar-refractivity contribution in [2.24, 2.45) is 16.8 Å². The summed E-state index contributed by atoms with van der Waals surface area (Å²) >= 11 is 0. The maximum atomic E-state index is 12.3. The van der Waals surface area contributed by atoms with Crippen molar-refractivity contribution in [1.29, 1.82) is 0 Å². The third-order valence-corrected chi connectivity index (χ3v) is 3.00. The Morgan fingerprint density at radius 3 is 2.94 bits per heavy atom. The Hall–Kier alpha value is -1.34. The van der Waals surface area contributed by atoms with Crippen molar-refractivity contribution in [3.8, 4) is 0 Å². The summed E-state index contributed by atoms with van der Waals surface area (Å²) in [5, 5.41) is 20.7. The second-order valence-corrected chi connectivity index (χ2v) is 4.33. The van der Waals surface area contributed by atoms with E-state index in [1.165, 1.54) is 0 Å². The zero-order valence-corrected chi connectivity index (χ0v) is 10.6. The van der Waals surface area contributed by atoms with Crippen LogP contribution in [0.15, 0.2) is 5.16 Å². The van der Waals surface area contributed by atoms with E-state index in [4.69, 9.17) is 20.8 Å². The molecule has 104 valence electrons. The molecule has 0 radical (unpaired) electrons. The predicted octanol–water partition coefficient (Wildman–Crippen LogP) is -0.631. The lowest BCUT2D eigenvalue weighted by Gasteiger charge is -2.34. The molecular weight excluding hydrogens is 238 g/mol. The molecule has 1 aliphatic rings. The summed E-state index contributed by atoms with van der Waals surface area (Å²) in [7, 11) is 0. The minimum atomic E-state index is -0.600. The maximum absolute atomic E-state index is 12.3. The van der Waals surface area contributed by atoms with E-state index in [-0.39, 0.29) is 24.5 Å². The summed E-state index contributed by atoms with van der Waals surface area (Å²) in [4.78, 5) is 13.9. The van der Waals surface area contributed by atoms with Gasteiger partial charge in [0.25, 0.3) is 0 Å². The first kappa shape index (κ1) is 14.7. The molecule has 18 heavy (non-hydrogen) atoms. The van der Waals surface area contributed by atoms with Gasteiger partial charge in [0, 0.05) is 13.1 Å². The number of amidine groups is 1. The van der Waals surface area contributed by atoms with Gasteiger partial charge in [0.2, 0.25) is 5.91 Å². The fourth-order valence-corrected chi connectivity index (χ4v) is 2.01. The lowest BCUT2D eigenvalue weighted by molar-refractivity contribution is -0.142. The smallest absolute Gasteiger partial charge is 0.233 e. The van der Waals surface area contributed by atoms with Crippen molar-refractivity contribution in [3.63, 3.8) is 0 Å². The average Bonchev–Trinajstić information content (AvgIpc) is 2.43. The van der Waals surface area contributed by atoms with Gasteiger partial charge in [-0.1, -0.05) is 18.5 Å². The number of ether oxygens (including phenoxy) is 1. The highest BCUT2D eigenvalue weighted by Gasteiger charge is 2.31. The largest absolute Gasteiger partial charge is 0.409 e. The van der Waals surface area contributed by atoms with Crippen molar-refractivity contribution in [2.45, 2.75) is 25.9 Å². The van der Waals surface area contributed by atoms with Crippen LogP contribution in [-0.2, 0) is 9.53 Å². The van der Waals surface area contributed by atoms with Gasteiger partial charge in [0.1, 0.15) is 0 Å². The number of rotatable bonds is 5. The molecule has 2 unspecified atom stereocenters. The Kier molecular flexibility index (Phi) is 5.87. The number of amides is 1. The van der Waals surface area contributed by atoms with Gasteiger partial charge in [-0.2, -0.15) is 0 Å². The molecule has 0 aromatic rings. The van der Waals surface area contributed by atoms with Crippen LogP contribution in [0.1, 0.15) is 19.8 Å². The Morgan fingerprint density at radius 2 is 2.39 bits per heavy atom.